The highest BCUT2D eigenvalue weighted by Crippen LogP contribution is 2.10. The number of hydrogen-bond acceptors (Lipinski definition) is 2. The Labute approximate surface area is 120 Å². The predicted molar refractivity (Wildman–Crippen MR) is 78.4 cm³/mol. The van der Waals surface area contributed by atoms with Gasteiger partial charge in [-0.3, -0.25) is 4.79 Å². The Hall–Kier alpha value is -1.42. The number of carbonyl (C=O) groups excluding carboxylic acids is 1. The van der Waals surface area contributed by atoms with Crippen LogP contribution in [-0.4, -0.2) is 37.0 Å². The van der Waals surface area contributed by atoms with Crippen molar-refractivity contribution < 1.29 is 9.18 Å². The van der Waals surface area contributed by atoms with Gasteiger partial charge in [0, 0.05) is 18.7 Å². The van der Waals surface area contributed by atoms with E-state index in [1.54, 1.807) is 13.0 Å². The van der Waals surface area contributed by atoms with Crippen molar-refractivity contribution in [2.24, 2.45) is 0 Å². The van der Waals surface area contributed by atoms with Gasteiger partial charge in [0.05, 0.1) is 0 Å². The molecule has 0 saturated carbocycles. The third-order valence-corrected chi connectivity index (χ3v) is 3.83. The second kappa shape index (κ2) is 7.39. The summed E-state index contributed by atoms with van der Waals surface area (Å²) in [7, 11) is 0. The SMILES string of the molecule is Cc1cc(C(=O)NCCN2CCCCCC2)ccc1F. The Kier molecular flexibility index (Phi) is 5.53. The van der Waals surface area contributed by atoms with Crippen LogP contribution < -0.4 is 5.32 Å². The molecule has 0 aromatic heterocycles. The molecule has 110 valence electrons. The average molecular weight is 278 g/mol. The van der Waals surface area contributed by atoms with Gasteiger partial charge >= 0.3 is 0 Å². The summed E-state index contributed by atoms with van der Waals surface area (Å²) >= 11 is 0. The summed E-state index contributed by atoms with van der Waals surface area (Å²) in [6.07, 6.45) is 5.14. The van der Waals surface area contributed by atoms with Gasteiger partial charge in [0.25, 0.3) is 5.91 Å². The topological polar surface area (TPSA) is 32.3 Å². The van der Waals surface area contributed by atoms with Crippen LogP contribution >= 0.6 is 0 Å². The summed E-state index contributed by atoms with van der Waals surface area (Å²) in [5.74, 6) is -0.394. The molecule has 0 radical (unpaired) electrons. The van der Waals surface area contributed by atoms with Gasteiger partial charge in [0.1, 0.15) is 5.82 Å². The quantitative estimate of drug-likeness (QED) is 0.918. The number of halogens is 1. The molecule has 1 N–H and O–H groups in total. The molecule has 1 aromatic rings. The Bertz CT molecular complexity index is 454. The van der Waals surface area contributed by atoms with Gasteiger partial charge in [-0.25, -0.2) is 4.39 Å². The molecule has 0 unspecified atom stereocenters. The molecular weight excluding hydrogens is 255 g/mol. The zero-order chi connectivity index (χ0) is 14.4. The first-order valence-corrected chi connectivity index (χ1v) is 7.43. The first-order chi connectivity index (χ1) is 9.66. The van der Waals surface area contributed by atoms with Crippen molar-refractivity contribution >= 4 is 5.91 Å². The number of carbonyl (C=O) groups is 1. The van der Waals surface area contributed by atoms with E-state index in [1.165, 1.54) is 37.8 Å². The maximum absolute atomic E-state index is 13.2. The third kappa shape index (κ3) is 4.30. The fourth-order valence-corrected chi connectivity index (χ4v) is 2.58. The molecular formula is C16H23FN2O. The molecule has 4 heteroatoms. The Morgan fingerprint density at radius 2 is 1.95 bits per heavy atom. The molecule has 1 aliphatic rings. The van der Waals surface area contributed by atoms with Crippen LogP contribution in [0.15, 0.2) is 18.2 Å². The second-order valence-electron chi connectivity index (χ2n) is 5.48. The first kappa shape index (κ1) is 15.0. The average Bonchev–Trinajstić information content (AvgIpc) is 2.70. The van der Waals surface area contributed by atoms with Crippen LogP contribution in [0.1, 0.15) is 41.6 Å². The van der Waals surface area contributed by atoms with E-state index in [1.807, 2.05) is 0 Å². The fraction of sp³-hybridized carbons (Fsp3) is 0.562. The molecule has 2 rings (SSSR count). The van der Waals surface area contributed by atoms with Crippen LogP contribution in [0, 0.1) is 12.7 Å². The highest BCUT2D eigenvalue weighted by Gasteiger charge is 2.10. The van der Waals surface area contributed by atoms with Gasteiger partial charge in [0.2, 0.25) is 0 Å². The smallest absolute Gasteiger partial charge is 0.251 e. The summed E-state index contributed by atoms with van der Waals surface area (Å²) in [5, 5.41) is 2.91. The van der Waals surface area contributed by atoms with Gasteiger partial charge < -0.3 is 10.2 Å². The zero-order valence-corrected chi connectivity index (χ0v) is 12.1. The van der Waals surface area contributed by atoms with Crippen molar-refractivity contribution in [2.75, 3.05) is 26.2 Å². The van der Waals surface area contributed by atoms with E-state index < -0.39 is 0 Å². The molecule has 0 bridgehead atoms. The minimum Gasteiger partial charge on any atom is -0.351 e. The van der Waals surface area contributed by atoms with E-state index in [2.05, 4.69) is 10.2 Å². The van der Waals surface area contributed by atoms with Crippen molar-refractivity contribution in [1.82, 2.24) is 10.2 Å². The van der Waals surface area contributed by atoms with Crippen LogP contribution in [0.3, 0.4) is 0 Å². The number of nitrogens with zero attached hydrogens (tertiary/aromatic N) is 1. The first-order valence-electron chi connectivity index (χ1n) is 7.43. The summed E-state index contributed by atoms with van der Waals surface area (Å²) in [6.45, 7) is 5.47. The largest absolute Gasteiger partial charge is 0.351 e. The standard InChI is InChI=1S/C16H23FN2O/c1-13-12-14(6-7-15(13)17)16(20)18-8-11-19-9-4-2-3-5-10-19/h6-7,12H,2-5,8-11H2,1H3,(H,18,20). The van der Waals surface area contributed by atoms with Crippen LogP contribution in [0.25, 0.3) is 0 Å². The highest BCUT2D eigenvalue weighted by molar-refractivity contribution is 5.94. The number of aryl methyl sites for hydroxylation is 1. The van der Waals surface area contributed by atoms with E-state index in [0.29, 0.717) is 17.7 Å². The number of nitrogens with one attached hydrogen (secondary N) is 1. The maximum atomic E-state index is 13.2. The number of amides is 1. The van der Waals surface area contributed by atoms with Crippen molar-refractivity contribution in [3.8, 4) is 0 Å². The molecule has 0 spiro atoms. The van der Waals surface area contributed by atoms with Gasteiger partial charge in [-0.2, -0.15) is 0 Å². The highest BCUT2D eigenvalue weighted by atomic mass is 19.1. The van der Waals surface area contributed by atoms with E-state index in [-0.39, 0.29) is 11.7 Å². The summed E-state index contributed by atoms with van der Waals surface area (Å²) in [5.41, 5.74) is 1.03. The number of benzene rings is 1. The summed E-state index contributed by atoms with van der Waals surface area (Å²) < 4.78 is 13.2. The van der Waals surface area contributed by atoms with Gasteiger partial charge in [-0.05, 0) is 56.6 Å². The molecule has 0 atom stereocenters. The van der Waals surface area contributed by atoms with Crippen LogP contribution in [0.4, 0.5) is 4.39 Å². The minimum atomic E-state index is -0.272. The van der Waals surface area contributed by atoms with E-state index in [4.69, 9.17) is 0 Å². The Balaban J connectivity index is 1.78. The molecule has 0 aliphatic carbocycles. The zero-order valence-electron chi connectivity index (χ0n) is 12.1. The minimum absolute atomic E-state index is 0.122. The number of rotatable bonds is 4. The van der Waals surface area contributed by atoms with Gasteiger partial charge in [-0.1, -0.05) is 12.8 Å². The van der Waals surface area contributed by atoms with Crippen molar-refractivity contribution in [3.05, 3.63) is 35.1 Å². The predicted octanol–water partition coefficient (Wildman–Crippen LogP) is 2.74. The molecule has 1 heterocycles. The molecule has 1 amide bonds. The van der Waals surface area contributed by atoms with Crippen LogP contribution in [0.5, 0.6) is 0 Å². The maximum Gasteiger partial charge on any atom is 0.251 e. The number of hydrogen-bond donors (Lipinski definition) is 1. The van der Waals surface area contributed by atoms with Crippen LogP contribution in [-0.2, 0) is 0 Å². The monoisotopic (exact) mass is 278 g/mol. The fourth-order valence-electron chi connectivity index (χ4n) is 2.58. The molecule has 1 saturated heterocycles. The Morgan fingerprint density at radius 3 is 2.60 bits per heavy atom. The number of likely N-dealkylation sites (tertiary alicyclic amines) is 1. The van der Waals surface area contributed by atoms with E-state index in [9.17, 15) is 9.18 Å². The third-order valence-electron chi connectivity index (χ3n) is 3.83. The molecule has 1 aromatic carbocycles. The summed E-state index contributed by atoms with van der Waals surface area (Å²) in [4.78, 5) is 14.4. The van der Waals surface area contributed by atoms with E-state index in [0.717, 1.165) is 19.6 Å². The van der Waals surface area contributed by atoms with Gasteiger partial charge in [0.15, 0.2) is 0 Å². The van der Waals surface area contributed by atoms with Crippen molar-refractivity contribution in [2.45, 2.75) is 32.6 Å². The van der Waals surface area contributed by atoms with Crippen LogP contribution in [0.2, 0.25) is 0 Å². The lowest BCUT2D eigenvalue weighted by Crippen LogP contribution is -2.35. The normalized spacial score (nSPS) is 16.7. The van der Waals surface area contributed by atoms with E-state index >= 15 is 0 Å². The van der Waals surface area contributed by atoms with Crippen molar-refractivity contribution in [1.29, 1.82) is 0 Å². The molecule has 1 fully saturated rings. The Morgan fingerprint density at radius 1 is 1.25 bits per heavy atom. The second-order valence-corrected chi connectivity index (χ2v) is 5.48. The molecule has 20 heavy (non-hydrogen) atoms. The molecule has 3 nitrogen and oxygen atoms in total. The van der Waals surface area contributed by atoms with Crippen molar-refractivity contribution in [3.63, 3.8) is 0 Å². The lowest BCUT2D eigenvalue weighted by Gasteiger charge is -2.19. The lowest BCUT2D eigenvalue weighted by atomic mass is 10.1. The lowest BCUT2D eigenvalue weighted by molar-refractivity contribution is 0.0948. The molecule has 1 aliphatic heterocycles. The van der Waals surface area contributed by atoms with Gasteiger partial charge in [-0.15, -0.1) is 0 Å². The summed E-state index contributed by atoms with van der Waals surface area (Å²) in [6, 6.07) is 4.47.